The first-order valence-corrected chi connectivity index (χ1v) is 6.97. The minimum Gasteiger partial charge on any atom is -0.436 e. The maximum absolute atomic E-state index is 6.13. The van der Waals surface area contributed by atoms with Gasteiger partial charge in [0, 0.05) is 6.54 Å². The molecule has 19 heavy (non-hydrogen) atoms. The van der Waals surface area contributed by atoms with Crippen molar-refractivity contribution >= 4 is 33.5 Å². The highest BCUT2D eigenvalue weighted by Gasteiger charge is 2.09. The van der Waals surface area contributed by atoms with Gasteiger partial charge in [-0.05, 0) is 47.5 Å². The van der Waals surface area contributed by atoms with E-state index in [1.165, 1.54) is 0 Å². The predicted octanol–water partition coefficient (Wildman–Crippen LogP) is 4.43. The average molecular weight is 343 g/mol. The van der Waals surface area contributed by atoms with Crippen molar-refractivity contribution in [2.75, 3.05) is 11.9 Å². The Balaban J connectivity index is 2.29. The molecule has 4 nitrogen and oxygen atoms in total. The second-order valence-corrected chi connectivity index (χ2v) is 5.17. The molecule has 0 unspecified atom stereocenters. The van der Waals surface area contributed by atoms with Crippen molar-refractivity contribution in [1.82, 2.24) is 9.97 Å². The van der Waals surface area contributed by atoms with Crippen LogP contribution in [0.25, 0.3) is 0 Å². The standard InChI is InChI=1S/C13H13BrClN3O/c1-3-16-13-17-7-9(14)12(18-13)19-11-5-4-8(2)6-10(11)15/h4-7H,3H2,1-2H3,(H,16,17,18). The molecular formula is C13H13BrClN3O. The second-order valence-electron chi connectivity index (χ2n) is 3.91. The molecule has 0 aliphatic rings. The van der Waals surface area contributed by atoms with Crippen molar-refractivity contribution in [3.63, 3.8) is 0 Å². The molecule has 1 heterocycles. The number of halogens is 2. The van der Waals surface area contributed by atoms with Gasteiger partial charge in [0.15, 0.2) is 0 Å². The maximum Gasteiger partial charge on any atom is 0.238 e. The summed E-state index contributed by atoms with van der Waals surface area (Å²) in [7, 11) is 0. The average Bonchev–Trinajstić information content (AvgIpc) is 2.37. The number of ether oxygens (including phenoxy) is 1. The van der Waals surface area contributed by atoms with E-state index < -0.39 is 0 Å². The van der Waals surface area contributed by atoms with E-state index in [1.807, 2.05) is 32.0 Å². The predicted molar refractivity (Wildman–Crippen MR) is 80.2 cm³/mol. The first kappa shape index (κ1) is 14.1. The van der Waals surface area contributed by atoms with E-state index in [4.69, 9.17) is 16.3 Å². The van der Waals surface area contributed by atoms with Crippen LogP contribution in [0.3, 0.4) is 0 Å². The molecule has 2 aromatic rings. The summed E-state index contributed by atoms with van der Waals surface area (Å²) in [6.45, 7) is 4.69. The van der Waals surface area contributed by atoms with Crippen LogP contribution < -0.4 is 10.1 Å². The van der Waals surface area contributed by atoms with Gasteiger partial charge >= 0.3 is 0 Å². The third-order valence-electron chi connectivity index (χ3n) is 2.34. The topological polar surface area (TPSA) is 47.0 Å². The van der Waals surface area contributed by atoms with Crippen LogP contribution in [0.5, 0.6) is 11.6 Å². The normalized spacial score (nSPS) is 10.3. The van der Waals surface area contributed by atoms with E-state index in [0.717, 1.165) is 12.1 Å². The third kappa shape index (κ3) is 3.58. The fourth-order valence-electron chi connectivity index (χ4n) is 1.46. The molecule has 0 saturated heterocycles. The van der Waals surface area contributed by atoms with Crippen molar-refractivity contribution in [3.05, 3.63) is 39.5 Å². The van der Waals surface area contributed by atoms with Gasteiger partial charge in [0.1, 0.15) is 5.75 Å². The molecule has 1 aromatic heterocycles. The highest BCUT2D eigenvalue weighted by Crippen LogP contribution is 2.32. The second kappa shape index (κ2) is 6.21. The monoisotopic (exact) mass is 341 g/mol. The Morgan fingerprint density at radius 2 is 2.21 bits per heavy atom. The maximum atomic E-state index is 6.13. The molecular weight excluding hydrogens is 330 g/mol. The van der Waals surface area contributed by atoms with Gasteiger partial charge < -0.3 is 10.1 Å². The number of benzene rings is 1. The molecule has 2 rings (SSSR count). The zero-order chi connectivity index (χ0) is 13.8. The smallest absolute Gasteiger partial charge is 0.238 e. The van der Waals surface area contributed by atoms with Crippen LogP contribution in [0, 0.1) is 6.92 Å². The molecule has 0 spiro atoms. The van der Waals surface area contributed by atoms with Crippen LogP contribution in [0.15, 0.2) is 28.9 Å². The van der Waals surface area contributed by atoms with E-state index in [9.17, 15) is 0 Å². The van der Waals surface area contributed by atoms with Gasteiger partial charge in [0.2, 0.25) is 11.8 Å². The Kier molecular flexibility index (Phi) is 4.61. The van der Waals surface area contributed by atoms with E-state index in [-0.39, 0.29) is 0 Å². The van der Waals surface area contributed by atoms with E-state index in [0.29, 0.717) is 27.1 Å². The lowest BCUT2D eigenvalue weighted by Crippen LogP contribution is -2.03. The summed E-state index contributed by atoms with van der Waals surface area (Å²) < 4.78 is 6.38. The molecule has 0 radical (unpaired) electrons. The summed E-state index contributed by atoms with van der Waals surface area (Å²) in [5.41, 5.74) is 1.08. The highest BCUT2D eigenvalue weighted by molar-refractivity contribution is 9.10. The van der Waals surface area contributed by atoms with Crippen LogP contribution in [0.4, 0.5) is 5.95 Å². The number of hydrogen-bond donors (Lipinski definition) is 1. The molecule has 0 amide bonds. The molecule has 0 saturated carbocycles. The van der Waals surface area contributed by atoms with Gasteiger partial charge in [0.05, 0.1) is 15.7 Å². The van der Waals surface area contributed by atoms with Crippen molar-refractivity contribution in [3.8, 4) is 11.6 Å². The van der Waals surface area contributed by atoms with Gasteiger partial charge in [-0.1, -0.05) is 17.7 Å². The number of anilines is 1. The molecule has 100 valence electrons. The number of nitrogens with zero attached hydrogens (tertiary/aromatic N) is 2. The lowest BCUT2D eigenvalue weighted by Gasteiger charge is -2.10. The number of nitrogens with one attached hydrogen (secondary N) is 1. The van der Waals surface area contributed by atoms with Crippen molar-refractivity contribution in [2.24, 2.45) is 0 Å². The van der Waals surface area contributed by atoms with Gasteiger partial charge in [0.25, 0.3) is 0 Å². The minimum absolute atomic E-state index is 0.428. The SMILES string of the molecule is CCNc1ncc(Br)c(Oc2ccc(C)cc2Cl)n1. The van der Waals surface area contributed by atoms with Crippen molar-refractivity contribution in [1.29, 1.82) is 0 Å². The molecule has 1 aromatic carbocycles. The first-order chi connectivity index (χ1) is 9.10. The van der Waals surface area contributed by atoms with Crippen molar-refractivity contribution in [2.45, 2.75) is 13.8 Å². The van der Waals surface area contributed by atoms with Crippen LogP contribution in [-0.4, -0.2) is 16.5 Å². The molecule has 1 N–H and O–H groups in total. The summed E-state index contributed by atoms with van der Waals surface area (Å²) in [5, 5.41) is 3.58. The number of aryl methyl sites for hydroxylation is 1. The van der Waals surface area contributed by atoms with Crippen LogP contribution in [0.2, 0.25) is 5.02 Å². The molecule has 0 fully saturated rings. The van der Waals surface area contributed by atoms with Gasteiger partial charge in [-0.25, -0.2) is 4.98 Å². The van der Waals surface area contributed by atoms with Gasteiger partial charge in [-0.15, -0.1) is 0 Å². The zero-order valence-corrected chi connectivity index (χ0v) is 12.9. The highest BCUT2D eigenvalue weighted by atomic mass is 79.9. The summed E-state index contributed by atoms with van der Waals surface area (Å²) in [6, 6.07) is 5.60. The van der Waals surface area contributed by atoms with E-state index in [2.05, 4.69) is 31.2 Å². The molecule has 0 bridgehead atoms. The Labute approximate surface area is 125 Å². The lowest BCUT2D eigenvalue weighted by atomic mass is 10.2. The van der Waals surface area contributed by atoms with E-state index in [1.54, 1.807) is 6.20 Å². The quantitative estimate of drug-likeness (QED) is 0.893. The summed E-state index contributed by atoms with van der Waals surface area (Å²) in [5.74, 6) is 1.51. The first-order valence-electron chi connectivity index (χ1n) is 5.80. The van der Waals surface area contributed by atoms with Crippen LogP contribution in [-0.2, 0) is 0 Å². The molecule has 0 aliphatic carbocycles. The molecule has 0 atom stereocenters. The minimum atomic E-state index is 0.428. The number of hydrogen-bond acceptors (Lipinski definition) is 4. The lowest BCUT2D eigenvalue weighted by molar-refractivity contribution is 0.459. The summed E-state index contributed by atoms with van der Waals surface area (Å²) in [6.07, 6.45) is 1.64. The Hall–Kier alpha value is -1.33. The fourth-order valence-corrected chi connectivity index (χ4v) is 2.00. The third-order valence-corrected chi connectivity index (χ3v) is 3.18. The molecule has 0 aliphatic heterocycles. The summed E-state index contributed by atoms with van der Waals surface area (Å²) in [4.78, 5) is 8.40. The Bertz CT molecular complexity index is 592. The Morgan fingerprint density at radius 1 is 1.42 bits per heavy atom. The fraction of sp³-hybridized carbons (Fsp3) is 0.231. The Morgan fingerprint density at radius 3 is 2.89 bits per heavy atom. The number of rotatable bonds is 4. The van der Waals surface area contributed by atoms with Gasteiger partial charge in [-0.2, -0.15) is 4.98 Å². The van der Waals surface area contributed by atoms with Gasteiger partial charge in [-0.3, -0.25) is 0 Å². The van der Waals surface area contributed by atoms with Crippen LogP contribution in [0.1, 0.15) is 12.5 Å². The van der Waals surface area contributed by atoms with Crippen LogP contribution >= 0.6 is 27.5 Å². The number of aromatic nitrogens is 2. The van der Waals surface area contributed by atoms with Crippen molar-refractivity contribution < 1.29 is 4.74 Å². The summed E-state index contributed by atoms with van der Waals surface area (Å²) >= 11 is 9.49. The zero-order valence-electron chi connectivity index (χ0n) is 10.6. The largest absolute Gasteiger partial charge is 0.436 e. The van der Waals surface area contributed by atoms with E-state index >= 15 is 0 Å². The molecule has 6 heteroatoms.